The maximum Gasteiger partial charge on any atom is 0.243 e. The van der Waals surface area contributed by atoms with Crippen LogP contribution in [0.1, 0.15) is 18.2 Å². The Morgan fingerprint density at radius 1 is 1.25 bits per heavy atom. The van der Waals surface area contributed by atoms with Crippen molar-refractivity contribution in [3.8, 4) is 0 Å². The Balaban J connectivity index is 1.79. The lowest BCUT2D eigenvalue weighted by molar-refractivity contribution is 0.615. The van der Waals surface area contributed by atoms with Crippen molar-refractivity contribution in [2.45, 2.75) is 19.9 Å². The van der Waals surface area contributed by atoms with Gasteiger partial charge in [-0.05, 0) is 18.6 Å². The lowest BCUT2D eigenvalue weighted by atomic mass is 10.2. The van der Waals surface area contributed by atoms with Gasteiger partial charge in [-0.15, -0.1) is 5.10 Å². The van der Waals surface area contributed by atoms with E-state index < -0.39 is 0 Å². The lowest BCUT2D eigenvalue weighted by Crippen LogP contribution is -2.02. The van der Waals surface area contributed by atoms with E-state index in [9.17, 15) is 4.39 Å². The van der Waals surface area contributed by atoms with Crippen LogP contribution in [0.4, 0.5) is 10.3 Å². The van der Waals surface area contributed by atoms with Crippen LogP contribution in [0.2, 0.25) is 0 Å². The minimum Gasteiger partial charge on any atom is -0.349 e. The van der Waals surface area contributed by atoms with Gasteiger partial charge in [-0.1, -0.05) is 6.92 Å². The van der Waals surface area contributed by atoms with Gasteiger partial charge in [0.25, 0.3) is 0 Å². The van der Waals surface area contributed by atoms with Crippen LogP contribution >= 0.6 is 0 Å². The van der Waals surface area contributed by atoms with Crippen molar-refractivity contribution in [1.82, 2.24) is 24.4 Å². The summed E-state index contributed by atoms with van der Waals surface area (Å²) >= 11 is 0. The molecule has 20 heavy (non-hydrogen) atoms. The number of aryl methyl sites for hydroxylation is 2. The van der Waals surface area contributed by atoms with Gasteiger partial charge in [-0.2, -0.15) is 10.1 Å². The van der Waals surface area contributed by atoms with Crippen molar-refractivity contribution < 1.29 is 4.39 Å². The number of halogens is 1. The van der Waals surface area contributed by atoms with Crippen molar-refractivity contribution >= 4 is 11.6 Å². The van der Waals surface area contributed by atoms with E-state index in [0.717, 1.165) is 17.7 Å². The number of nitrogens with zero attached hydrogens (tertiary/aromatic N) is 5. The number of rotatable bonds is 4. The summed E-state index contributed by atoms with van der Waals surface area (Å²) in [6.45, 7) is 2.66. The number of hydrogen-bond acceptors (Lipinski definition) is 4. The molecule has 0 aliphatic rings. The molecule has 3 heterocycles. The molecule has 104 valence electrons. The number of pyridine rings is 1. The lowest BCUT2D eigenvalue weighted by Gasteiger charge is -2.00. The number of aromatic nitrogens is 5. The van der Waals surface area contributed by atoms with E-state index in [0.29, 0.717) is 18.1 Å². The second-order valence-electron chi connectivity index (χ2n) is 4.57. The SMILES string of the molecule is CCc1nn(C)cc1CNc1nc2ccc(F)cn2n1. The molecule has 0 saturated carbocycles. The van der Waals surface area contributed by atoms with E-state index in [2.05, 4.69) is 27.4 Å². The van der Waals surface area contributed by atoms with Crippen LogP contribution in [0, 0.1) is 5.82 Å². The monoisotopic (exact) mass is 274 g/mol. The fourth-order valence-electron chi connectivity index (χ4n) is 2.14. The highest BCUT2D eigenvalue weighted by molar-refractivity contribution is 5.43. The third kappa shape index (κ3) is 2.34. The number of fused-ring (bicyclic) bond motifs is 1. The maximum absolute atomic E-state index is 13.1. The standard InChI is InChI=1S/C13H15FN6/c1-3-11-9(7-19(2)17-11)6-15-13-16-12-5-4-10(14)8-20(12)18-13/h4-5,7-8H,3,6H2,1-2H3,(H,15,18). The quantitative estimate of drug-likeness (QED) is 0.787. The van der Waals surface area contributed by atoms with E-state index >= 15 is 0 Å². The summed E-state index contributed by atoms with van der Waals surface area (Å²) in [7, 11) is 1.90. The first-order valence-electron chi connectivity index (χ1n) is 6.43. The van der Waals surface area contributed by atoms with Gasteiger partial charge < -0.3 is 5.32 Å². The van der Waals surface area contributed by atoms with Crippen molar-refractivity contribution in [2.24, 2.45) is 7.05 Å². The first kappa shape index (κ1) is 12.6. The Kier molecular flexibility index (Phi) is 3.09. The first-order chi connectivity index (χ1) is 9.65. The van der Waals surface area contributed by atoms with Gasteiger partial charge in [0, 0.05) is 25.4 Å². The van der Waals surface area contributed by atoms with Crippen molar-refractivity contribution in [3.05, 3.63) is 41.6 Å². The Bertz CT molecular complexity index is 744. The molecule has 0 bridgehead atoms. The molecule has 6 nitrogen and oxygen atoms in total. The Hall–Kier alpha value is -2.44. The molecular formula is C13H15FN6. The summed E-state index contributed by atoms with van der Waals surface area (Å²) in [5.74, 6) is 0.135. The average Bonchev–Trinajstić information content (AvgIpc) is 2.98. The van der Waals surface area contributed by atoms with Crippen LogP contribution in [0.5, 0.6) is 0 Å². The summed E-state index contributed by atoms with van der Waals surface area (Å²) in [5.41, 5.74) is 2.77. The summed E-state index contributed by atoms with van der Waals surface area (Å²) in [6, 6.07) is 2.96. The summed E-state index contributed by atoms with van der Waals surface area (Å²) < 4.78 is 16.3. The smallest absolute Gasteiger partial charge is 0.243 e. The highest BCUT2D eigenvalue weighted by atomic mass is 19.1. The number of anilines is 1. The summed E-state index contributed by atoms with van der Waals surface area (Å²) in [5, 5.41) is 11.7. The van der Waals surface area contributed by atoms with Crippen LogP contribution < -0.4 is 5.32 Å². The summed E-state index contributed by atoms with van der Waals surface area (Å²) in [4.78, 5) is 4.28. The van der Waals surface area contributed by atoms with E-state index in [-0.39, 0.29) is 5.82 Å². The van der Waals surface area contributed by atoms with Crippen LogP contribution in [-0.2, 0) is 20.0 Å². The third-order valence-corrected chi connectivity index (χ3v) is 3.06. The van der Waals surface area contributed by atoms with Crippen LogP contribution in [-0.4, -0.2) is 24.4 Å². The zero-order valence-electron chi connectivity index (χ0n) is 11.3. The highest BCUT2D eigenvalue weighted by Gasteiger charge is 2.08. The van der Waals surface area contributed by atoms with Gasteiger partial charge in [0.2, 0.25) is 5.95 Å². The van der Waals surface area contributed by atoms with E-state index in [4.69, 9.17) is 0 Å². The van der Waals surface area contributed by atoms with Gasteiger partial charge in [-0.3, -0.25) is 4.68 Å². The van der Waals surface area contributed by atoms with Crippen molar-refractivity contribution in [1.29, 1.82) is 0 Å². The van der Waals surface area contributed by atoms with E-state index in [1.807, 2.05) is 13.2 Å². The molecule has 0 atom stereocenters. The van der Waals surface area contributed by atoms with E-state index in [1.165, 1.54) is 16.8 Å². The fraction of sp³-hybridized carbons (Fsp3) is 0.308. The molecule has 7 heteroatoms. The minimum absolute atomic E-state index is 0.338. The van der Waals surface area contributed by atoms with Crippen LogP contribution in [0.15, 0.2) is 24.5 Å². The minimum atomic E-state index is -0.338. The highest BCUT2D eigenvalue weighted by Crippen LogP contribution is 2.11. The fourth-order valence-corrected chi connectivity index (χ4v) is 2.14. The molecule has 0 fully saturated rings. The van der Waals surface area contributed by atoms with Crippen LogP contribution in [0.25, 0.3) is 5.65 Å². The molecular weight excluding hydrogens is 259 g/mol. The first-order valence-corrected chi connectivity index (χ1v) is 6.43. The molecule has 3 aromatic rings. The molecule has 0 aromatic carbocycles. The molecule has 0 aliphatic carbocycles. The zero-order chi connectivity index (χ0) is 14.1. The number of hydrogen-bond donors (Lipinski definition) is 1. The van der Waals surface area contributed by atoms with Gasteiger partial charge in [-0.25, -0.2) is 8.91 Å². The molecule has 3 aromatic heterocycles. The third-order valence-electron chi connectivity index (χ3n) is 3.06. The number of nitrogens with one attached hydrogen (secondary N) is 1. The Labute approximate surface area is 115 Å². The molecule has 0 saturated heterocycles. The van der Waals surface area contributed by atoms with E-state index in [1.54, 1.807) is 10.7 Å². The topological polar surface area (TPSA) is 60.0 Å². The molecule has 0 radical (unpaired) electrons. The van der Waals surface area contributed by atoms with Gasteiger partial charge in [0.1, 0.15) is 5.82 Å². The van der Waals surface area contributed by atoms with Gasteiger partial charge in [0.05, 0.1) is 11.9 Å². The molecule has 3 rings (SSSR count). The average molecular weight is 274 g/mol. The van der Waals surface area contributed by atoms with Crippen LogP contribution in [0.3, 0.4) is 0 Å². The van der Waals surface area contributed by atoms with Crippen molar-refractivity contribution in [3.63, 3.8) is 0 Å². The molecule has 0 amide bonds. The Morgan fingerprint density at radius 3 is 2.90 bits per heavy atom. The molecule has 1 N–H and O–H groups in total. The van der Waals surface area contributed by atoms with Gasteiger partial charge >= 0.3 is 0 Å². The van der Waals surface area contributed by atoms with Gasteiger partial charge in [0.15, 0.2) is 5.65 Å². The zero-order valence-corrected chi connectivity index (χ0v) is 11.3. The molecule has 0 spiro atoms. The predicted molar refractivity (Wildman–Crippen MR) is 72.9 cm³/mol. The second-order valence-corrected chi connectivity index (χ2v) is 4.57. The molecule has 0 aliphatic heterocycles. The summed E-state index contributed by atoms with van der Waals surface area (Å²) in [6.07, 6.45) is 4.15. The molecule has 0 unspecified atom stereocenters. The predicted octanol–water partition coefficient (Wildman–Crippen LogP) is 1.78. The second kappa shape index (κ2) is 4.92. The normalized spacial score (nSPS) is 11.2. The maximum atomic E-state index is 13.1. The Morgan fingerprint density at radius 2 is 2.10 bits per heavy atom. The van der Waals surface area contributed by atoms with Crippen molar-refractivity contribution in [2.75, 3.05) is 5.32 Å². The largest absolute Gasteiger partial charge is 0.349 e.